The van der Waals surface area contributed by atoms with Crippen LogP contribution in [-0.4, -0.2) is 24.5 Å². The molecule has 0 bridgehead atoms. The minimum Gasteiger partial charge on any atom is -0.273 e. The Morgan fingerprint density at radius 2 is 1.84 bits per heavy atom. The average molecular weight is 282 g/mol. The Bertz CT molecular complexity index is 589. The van der Waals surface area contributed by atoms with Crippen molar-refractivity contribution < 1.29 is 0 Å². The Kier molecular flexibility index (Phi) is 3.43. The Labute approximate surface area is 118 Å². The van der Waals surface area contributed by atoms with Gasteiger partial charge in [0.05, 0.1) is 11.4 Å². The largest absolute Gasteiger partial charge is 0.273 e. The number of rotatable bonds is 2. The summed E-state index contributed by atoms with van der Waals surface area (Å²) in [7, 11) is 1.91. The zero-order valence-electron chi connectivity index (χ0n) is 12.3. The zero-order valence-corrected chi connectivity index (χ0v) is 13.0. The summed E-state index contributed by atoms with van der Waals surface area (Å²) in [5, 5.41) is 13.1. The first-order valence-electron chi connectivity index (χ1n) is 6.37. The predicted molar refractivity (Wildman–Crippen MR) is 75.9 cm³/mol. The van der Waals surface area contributed by atoms with Gasteiger partial charge < -0.3 is 0 Å². The Morgan fingerprint density at radius 1 is 1.21 bits per heavy atom. The highest BCUT2D eigenvalue weighted by Gasteiger charge is 2.27. The molecule has 0 aliphatic heterocycles. The Morgan fingerprint density at radius 3 is 2.37 bits per heavy atom. The molecule has 2 aromatic rings. The Hall–Kier alpha value is -1.36. The van der Waals surface area contributed by atoms with Crippen LogP contribution in [0.25, 0.3) is 5.69 Å². The molecular formula is C13H20ClN5. The van der Waals surface area contributed by atoms with Gasteiger partial charge in [-0.3, -0.25) is 9.25 Å². The van der Waals surface area contributed by atoms with Gasteiger partial charge in [0.25, 0.3) is 0 Å². The van der Waals surface area contributed by atoms with E-state index in [-0.39, 0.29) is 5.41 Å². The lowest BCUT2D eigenvalue weighted by Gasteiger charge is -2.19. The van der Waals surface area contributed by atoms with Crippen LogP contribution >= 0.6 is 11.6 Å². The van der Waals surface area contributed by atoms with Crippen molar-refractivity contribution in [3.8, 4) is 5.69 Å². The molecule has 0 aliphatic carbocycles. The third-order valence-corrected chi connectivity index (χ3v) is 3.16. The predicted octanol–water partition coefficient (Wildman–Crippen LogP) is 3.08. The van der Waals surface area contributed by atoms with E-state index >= 15 is 0 Å². The molecule has 0 fully saturated rings. The van der Waals surface area contributed by atoms with E-state index in [9.17, 15) is 0 Å². The maximum absolute atomic E-state index is 6.22. The zero-order chi connectivity index (χ0) is 14.4. The van der Waals surface area contributed by atoms with Crippen LogP contribution < -0.4 is 0 Å². The first-order valence-corrected chi connectivity index (χ1v) is 6.75. The van der Waals surface area contributed by atoms with Crippen LogP contribution in [0, 0.1) is 0 Å². The number of halogens is 1. The summed E-state index contributed by atoms with van der Waals surface area (Å²) >= 11 is 6.22. The lowest BCUT2D eigenvalue weighted by Crippen LogP contribution is -2.19. The van der Waals surface area contributed by atoms with Crippen molar-refractivity contribution in [2.24, 2.45) is 7.05 Å². The standard InChI is InChI=1S/C13H20ClN5/c1-8(2)10-9(7-18(6)17-10)19-11(13(3,4)5)15-16-12(19)14/h7-8H,1-6H3. The molecule has 0 N–H and O–H groups in total. The minimum absolute atomic E-state index is 0.135. The van der Waals surface area contributed by atoms with E-state index in [1.165, 1.54) is 0 Å². The van der Waals surface area contributed by atoms with Gasteiger partial charge in [0.1, 0.15) is 5.82 Å². The van der Waals surface area contributed by atoms with E-state index in [1.807, 2.05) is 17.8 Å². The van der Waals surface area contributed by atoms with Crippen molar-refractivity contribution in [2.45, 2.75) is 46.0 Å². The van der Waals surface area contributed by atoms with Crippen molar-refractivity contribution in [3.05, 3.63) is 23.0 Å². The van der Waals surface area contributed by atoms with Crippen LogP contribution in [-0.2, 0) is 12.5 Å². The van der Waals surface area contributed by atoms with Crippen LogP contribution in [0.15, 0.2) is 6.20 Å². The number of aryl methyl sites for hydroxylation is 1. The summed E-state index contributed by atoms with van der Waals surface area (Å²) in [6.45, 7) is 10.5. The molecule has 0 saturated heterocycles. The van der Waals surface area contributed by atoms with Crippen LogP contribution in [0.2, 0.25) is 5.28 Å². The highest BCUT2D eigenvalue weighted by molar-refractivity contribution is 6.28. The van der Waals surface area contributed by atoms with Gasteiger partial charge in [0.15, 0.2) is 0 Å². The molecule has 104 valence electrons. The average Bonchev–Trinajstić information content (AvgIpc) is 2.80. The molecule has 0 radical (unpaired) electrons. The van der Waals surface area contributed by atoms with E-state index in [2.05, 4.69) is 49.9 Å². The molecule has 19 heavy (non-hydrogen) atoms. The third kappa shape index (κ3) is 2.52. The summed E-state index contributed by atoms with van der Waals surface area (Å²) in [6, 6.07) is 0. The number of hydrogen-bond donors (Lipinski definition) is 0. The van der Waals surface area contributed by atoms with E-state index < -0.39 is 0 Å². The van der Waals surface area contributed by atoms with Gasteiger partial charge in [0, 0.05) is 18.7 Å². The van der Waals surface area contributed by atoms with E-state index in [0.29, 0.717) is 11.2 Å². The Balaban J connectivity index is 2.69. The van der Waals surface area contributed by atoms with Crippen LogP contribution in [0.3, 0.4) is 0 Å². The molecule has 2 heterocycles. The highest BCUT2D eigenvalue weighted by Crippen LogP contribution is 2.30. The number of aromatic nitrogens is 5. The first-order chi connectivity index (χ1) is 8.71. The lowest BCUT2D eigenvalue weighted by atomic mass is 9.95. The second-order valence-corrected chi connectivity index (χ2v) is 6.44. The van der Waals surface area contributed by atoms with Crippen molar-refractivity contribution >= 4 is 11.6 Å². The number of hydrogen-bond acceptors (Lipinski definition) is 3. The van der Waals surface area contributed by atoms with Gasteiger partial charge in [-0.25, -0.2) is 0 Å². The monoisotopic (exact) mass is 281 g/mol. The molecule has 5 nitrogen and oxygen atoms in total. The summed E-state index contributed by atoms with van der Waals surface area (Å²) in [6.07, 6.45) is 1.96. The molecule has 0 spiro atoms. The van der Waals surface area contributed by atoms with E-state index in [4.69, 9.17) is 11.6 Å². The number of nitrogens with zero attached hydrogens (tertiary/aromatic N) is 5. The second kappa shape index (κ2) is 4.63. The second-order valence-electron chi connectivity index (χ2n) is 6.11. The van der Waals surface area contributed by atoms with Crippen LogP contribution in [0.1, 0.15) is 52.1 Å². The van der Waals surface area contributed by atoms with Gasteiger partial charge in [-0.1, -0.05) is 34.6 Å². The van der Waals surface area contributed by atoms with Crippen LogP contribution in [0.4, 0.5) is 0 Å². The highest BCUT2D eigenvalue weighted by atomic mass is 35.5. The molecule has 0 amide bonds. The first kappa shape index (κ1) is 14.1. The molecule has 0 saturated carbocycles. The van der Waals surface area contributed by atoms with Gasteiger partial charge >= 0.3 is 0 Å². The molecule has 0 atom stereocenters. The molecule has 0 aliphatic rings. The smallest absolute Gasteiger partial charge is 0.229 e. The topological polar surface area (TPSA) is 48.5 Å². The fourth-order valence-corrected chi connectivity index (χ4v) is 2.25. The van der Waals surface area contributed by atoms with E-state index in [0.717, 1.165) is 17.2 Å². The minimum atomic E-state index is -0.135. The molecular weight excluding hydrogens is 262 g/mol. The molecule has 2 rings (SSSR count). The van der Waals surface area contributed by atoms with E-state index in [1.54, 1.807) is 4.68 Å². The van der Waals surface area contributed by atoms with Gasteiger partial charge in [0.2, 0.25) is 5.28 Å². The van der Waals surface area contributed by atoms with Crippen molar-refractivity contribution in [1.29, 1.82) is 0 Å². The summed E-state index contributed by atoms with van der Waals surface area (Å²) in [5.74, 6) is 1.15. The quantitative estimate of drug-likeness (QED) is 0.850. The normalized spacial score (nSPS) is 12.4. The van der Waals surface area contributed by atoms with Crippen LogP contribution in [0.5, 0.6) is 0 Å². The van der Waals surface area contributed by atoms with Gasteiger partial charge in [-0.15, -0.1) is 10.2 Å². The summed E-state index contributed by atoms with van der Waals surface area (Å²) < 4.78 is 3.69. The molecule has 6 heteroatoms. The maximum Gasteiger partial charge on any atom is 0.229 e. The van der Waals surface area contributed by atoms with Crippen molar-refractivity contribution in [3.63, 3.8) is 0 Å². The van der Waals surface area contributed by atoms with Gasteiger partial charge in [-0.05, 0) is 17.5 Å². The summed E-state index contributed by atoms with van der Waals surface area (Å²) in [5.41, 5.74) is 1.82. The maximum atomic E-state index is 6.22. The van der Waals surface area contributed by atoms with Crippen molar-refractivity contribution in [2.75, 3.05) is 0 Å². The third-order valence-electron chi connectivity index (χ3n) is 2.92. The fourth-order valence-electron chi connectivity index (χ4n) is 2.04. The van der Waals surface area contributed by atoms with Crippen molar-refractivity contribution in [1.82, 2.24) is 24.5 Å². The molecule has 0 unspecified atom stereocenters. The lowest BCUT2D eigenvalue weighted by molar-refractivity contribution is 0.532. The van der Waals surface area contributed by atoms with Gasteiger partial charge in [-0.2, -0.15) is 5.10 Å². The SMILES string of the molecule is CC(C)c1nn(C)cc1-n1c(Cl)nnc1C(C)(C)C. The molecule has 2 aromatic heterocycles. The fraction of sp³-hybridized carbons (Fsp3) is 0.615. The molecule has 0 aromatic carbocycles. The summed E-state index contributed by atoms with van der Waals surface area (Å²) in [4.78, 5) is 0.